The van der Waals surface area contributed by atoms with Crippen molar-refractivity contribution in [2.45, 2.75) is 39.7 Å². The number of carbonyl (C=O) groups is 2. The highest BCUT2D eigenvalue weighted by Crippen LogP contribution is 2.24. The summed E-state index contributed by atoms with van der Waals surface area (Å²) < 4.78 is 0. The second-order valence-corrected chi connectivity index (χ2v) is 6.94. The van der Waals surface area contributed by atoms with Crippen LogP contribution in [0.1, 0.15) is 33.6 Å². The molecule has 2 rings (SSSR count). The third-order valence-electron chi connectivity index (χ3n) is 4.53. The molecule has 24 heavy (non-hydrogen) atoms. The lowest BCUT2D eigenvalue weighted by Crippen LogP contribution is -2.49. The smallest absolute Gasteiger partial charge is 0.312 e. The molecule has 6 heteroatoms. The van der Waals surface area contributed by atoms with Gasteiger partial charge in [-0.15, -0.1) is 0 Å². The Hall–Kier alpha value is -2.24. The molecule has 0 radical (unpaired) electrons. The van der Waals surface area contributed by atoms with Crippen molar-refractivity contribution >= 4 is 23.3 Å². The number of nitrogens with two attached hydrogens (primary N) is 1. The maximum atomic E-state index is 12.3. The van der Waals surface area contributed by atoms with E-state index in [9.17, 15) is 9.59 Å². The van der Waals surface area contributed by atoms with Gasteiger partial charge < -0.3 is 21.3 Å². The van der Waals surface area contributed by atoms with Crippen molar-refractivity contribution in [3.8, 4) is 0 Å². The summed E-state index contributed by atoms with van der Waals surface area (Å²) in [5.74, 6) is 0.487. The van der Waals surface area contributed by atoms with E-state index in [1.54, 1.807) is 0 Å². The van der Waals surface area contributed by atoms with Crippen LogP contribution in [0.5, 0.6) is 0 Å². The Bertz CT molecular complexity index is 563. The summed E-state index contributed by atoms with van der Waals surface area (Å²) in [6, 6.07) is 6.50. The van der Waals surface area contributed by atoms with Gasteiger partial charge in [0.1, 0.15) is 6.04 Å². The van der Waals surface area contributed by atoms with E-state index in [4.69, 9.17) is 5.73 Å². The SMILES string of the molecule is CC1CCN(c2ccc(NC(=O)[C@@H](NC(N)=O)C(C)C)cc2)CC1. The average Bonchev–Trinajstić information content (AvgIpc) is 2.53. The fourth-order valence-corrected chi connectivity index (χ4v) is 2.93. The van der Waals surface area contributed by atoms with E-state index in [1.807, 2.05) is 38.1 Å². The number of anilines is 2. The van der Waals surface area contributed by atoms with Crippen LogP contribution in [0.2, 0.25) is 0 Å². The summed E-state index contributed by atoms with van der Waals surface area (Å²) in [5.41, 5.74) is 7.03. The van der Waals surface area contributed by atoms with Crippen molar-refractivity contribution in [1.82, 2.24) is 5.32 Å². The summed E-state index contributed by atoms with van der Waals surface area (Å²) in [7, 11) is 0. The molecule has 1 aliphatic rings. The summed E-state index contributed by atoms with van der Waals surface area (Å²) in [6.07, 6.45) is 2.43. The molecule has 1 aromatic carbocycles. The highest BCUT2D eigenvalue weighted by atomic mass is 16.2. The number of nitrogens with one attached hydrogen (secondary N) is 2. The van der Waals surface area contributed by atoms with Crippen LogP contribution >= 0.6 is 0 Å². The van der Waals surface area contributed by atoms with Crippen LogP contribution in [0.3, 0.4) is 0 Å². The monoisotopic (exact) mass is 332 g/mol. The number of benzene rings is 1. The molecule has 1 aromatic rings. The fraction of sp³-hybridized carbons (Fsp3) is 0.556. The minimum absolute atomic E-state index is 0.0490. The molecule has 0 spiro atoms. The summed E-state index contributed by atoms with van der Waals surface area (Å²) in [5, 5.41) is 5.32. The van der Waals surface area contributed by atoms with E-state index in [-0.39, 0.29) is 11.8 Å². The minimum Gasteiger partial charge on any atom is -0.372 e. The molecule has 0 aromatic heterocycles. The van der Waals surface area contributed by atoms with Crippen LogP contribution in [0, 0.1) is 11.8 Å². The molecule has 1 saturated heterocycles. The van der Waals surface area contributed by atoms with Gasteiger partial charge >= 0.3 is 6.03 Å². The molecular weight excluding hydrogens is 304 g/mol. The standard InChI is InChI=1S/C18H28N4O2/c1-12(2)16(21-18(19)24)17(23)20-14-4-6-15(7-5-14)22-10-8-13(3)9-11-22/h4-7,12-13,16H,8-11H2,1-3H3,(H,20,23)(H3,19,21,24)/t16-/m0/s1. The molecule has 4 N–H and O–H groups in total. The Labute approximate surface area is 143 Å². The fourth-order valence-electron chi connectivity index (χ4n) is 2.93. The molecule has 0 saturated carbocycles. The van der Waals surface area contributed by atoms with E-state index in [1.165, 1.54) is 18.5 Å². The summed E-state index contributed by atoms with van der Waals surface area (Å²) in [6.45, 7) is 8.16. The Morgan fingerprint density at radius 2 is 1.75 bits per heavy atom. The Balaban J connectivity index is 1.97. The van der Waals surface area contributed by atoms with Crippen molar-refractivity contribution in [2.75, 3.05) is 23.3 Å². The van der Waals surface area contributed by atoms with Gasteiger partial charge in [-0.1, -0.05) is 20.8 Å². The van der Waals surface area contributed by atoms with Crippen LogP contribution in [-0.4, -0.2) is 31.1 Å². The quantitative estimate of drug-likeness (QED) is 0.774. The highest BCUT2D eigenvalue weighted by Gasteiger charge is 2.23. The number of piperidine rings is 1. The Kier molecular flexibility index (Phi) is 6.06. The van der Waals surface area contributed by atoms with Gasteiger partial charge in [0.2, 0.25) is 5.91 Å². The van der Waals surface area contributed by atoms with Gasteiger partial charge in [0.05, 0.1) is 0 Å². The average molecular weight is 332 g/mol. The second kappa shape index (κ2) is 8.04. The van der Waals surface area contributed by atoms with Crippen molar-refractivity contribution in [3.05, 3.63) is 24.3 Å². The molecule has 6 nitrogen and oxygen atoms in total. The number of primary amides is 1. The topological polar surface area (TPSA) is 87.5 Å². The molecule has 1 fully saturated rings. The van der Waals surface area contributed by atoms with E-state index in [2.05, 4.69) is 22.5 Å². The molecule has 0 bridgehead atoms. The minimum atomic E-state index is -0.696. The van der Waals surface area contributed by atoms with Crippen LogP contribution in [-0.2, 0) is 4.79 Å². The first-order chi connectivity index (χ1) is 11.4. The number of carbonyl (C=O) groups excluding carboxylic acids is 2. The predicted molar refractivity (Wildman–Crippen MR) is 97.0 cm³/mol. The molecular formula is C18H28N4O2. The van der Waals surface area contributed by atoms with Crippen LogP contribution < -0.4 is 21.3 Å². The molecule has 3 amide bonds. The van der Waals surface area contributed by atoms with Gasteiger partial charge in [-0.05, 0) is 48.9 Å². The van der Waals surface area contributed by atoms with Crippen LogP contribution in [0.4, 0.5) is 16.2 Å². The lowest BCUT2D eigenvalue weighted by molar-refractivity contribution is -0.118. The summed E-state index contributed by atoms with van der Waals surface area (Å²) in [4.78, 5) is 25.7. The van der Waals surface area contributed by atoms with Crippen molar-refractivity contribution in [2.24, 2.45) is 17.6 Å². The van der Waals surface area contributed by atoms with E-state index >= 15 is 0 Å². The van der Waals surface area contributed by atoms with Gasteiger partial charge in [-0.3, -0.25) is 4.79 Å². The normalized spacial score (nSPS) is 16.8. The van der Waals surface area contributed by atoms with Crippen LogP contribution in [0.15, 0.2) is 24.3 Å². The predicted octanol–water partition coefficient (Wildman–Crippen LogP) is 2.55. The number of hydrogen-bond donors (Lipinski definition) is 3. The zero-order valence-corrected chi connectivity index (χ0v) is 14.7. The van der Waals surface area contributed by atoms with Gasteiger partial charge in [-0.25, -0.2) is 4.79 Å². The van der Waals surface area contributed by atoms with E-state index in [0.29, 0.717) is 5.69 Å². The number of hydrogen-bond acceptors (Lipinski definition) is 3. The van der Waals surface area contributed by atoms with Crippen LogP contribution in [0.25, 0.3) is 0 Å². The molecule has 0 unspecified atom stereocenters. The molecule has 1 heterocycles. The Morgan fingerprint density at radius 3 is 2.25 bits per heavy atom. The second-order valence-electron chi connectivity index (χ2n) is 6.94. The number of nitrogens with zero attached hydrogens (tertiary/aromatic N) is 1. The van der Waals surface area contributed by atoms with Crippen molar-refractivity contribution < 1.29 is 9.59 Å². The van der Waals surface area contributed by atoms with Gasteiger partial charge in [-0.2, -0.15) is 0 Å². The van der Waals surface area contributed by atoms with Crippen molar-refractivity contribution in [1.29, 1.82) is 0 Å². The number of amides is 3. The molecule has 1 atom stereocenters. The Morgan fingerprint density at radius 1 is 1.17 bits per heavy atom. The lowest BCUT2D eigenvalue weighted by atomic mass is 9.99. The number of rotatable bonds is 5. The number of urea groups is 1. The van der Waals surface area contributed by atoms with Gasteiger partial charge in [0, 0.05) is 24.5 Å². The van der Waals surface area contributed by atoms with Gasteiger partial charge in [0.25, 0.3) is 0 Å². The zero-order chi connectivity index (χ0) is 17.7. The lowest BCUT2D eigenvalue weighted by Gasteiger charge is -2.32. The zero-order valence-electron chi connectivity index (χ0n) is 14.7. The first kappa shape index (κ1) is 18.1. The van der Waals surface area contributed by atoms with E-state index in [0.717, 1.165) is 19.0 Å². The maximum absolute atomic E-state index is 12.3. The maximum Gasteiger partial charge on any atom is 0.312 e. The van der Waals surface area contributed by atoms with E-state index < -0.39 is 12.1 Å². The first-order valence-corrected chi connectivity index (χ1v) is 8.58. The molecule has 1 aliphatic heterocycles. The highest BCUT2D eigenvalue weighted by molar-refractivity contribution is 5.97. The summed E-state index contributed by atoms with van der Waals surface area (Å²) >= 11 is 0. The van der Waals surface area contributed by atoms with Gasteiger partial charge in [0.15, 0.2) is 0 Å². The third kappa shape index (κ3) is 4.88. The molecule has 0 aliphatic carbocycles. The first-order valence-electron chi connectivity index (χ1n) is 8.58. The van der Waals surface area contributed by atoms with Crippen molar-refractivity contribution in [3.63, 3.8) is 0 Å². The molecule has 132 valence electrons. The largest absolute Gasteiger partial charge is 0.372 e. The third-order valence-corrected chi connectivity index (χ3v) is 4.53.